The number of hydrogen-bond donors (Lipinski definition) is 0. The molecule has 2 rings (SSSR count). The fourth-order valence-corrected chi connectivity index (χ4v) is 3.48. The predicted molar refractivity (Wildman–Crippen MR) is 67.7 cm³/mol. The molecule has 0 atom stereocenters. The van der Waals surface area contributed by atoms with E-state index in [0.717, 1.165) is 14.3 Å². The van der Waals surface area contributed by atoms with E-state index in [1.165, 1.54) is 0 Å². The fourth-order valence-electron chi connectivity index (χ4n) is 1.74. The Morgan fingerprint density at radius 3 is 2.47 bits per heavy atom. The zero-order valence-corrected chi connectivity index (χ0v) is 11.5. The lowest BCUT2D eigenvalue weighted by Crippen LogP contribution is -2.41. The van der Waals surface area contributed by atoms with Crippen molar-refractivity contribution in [1.82, 2.24) is 4.31 Å². The molecule has 17 heavy (non-hydrogen) atoms. The van der Waals surface area contributed by atoms with Crippen molar-refractivity contribution in [2.24, 2.45) is 0 Å². The summed E-state index contributed by atoms with van der Waals surface area (Å²) in [4.78, 5) is 11.6. The van der Waals surface area contributed by atoms with E-state index in [0.29, 0.717) is 12.8 Å². The molecule has 4 nitrogen and oxygen atoms in total. The number of nitrogens with zero attached hydrogens (tertiary/aromatic N) is 1. The zero-order chi connectivity index (χ0) is 12.5. The van der Waals surface area contributed by atoms with Crippen molar-refractivity contribution < 1.29 is 13.2 Å². The number of carbonyl (C=O) groups excluding carboxylic acids is 1. The van der Waals surface area contributed by atoms with Crippen LogP contribution in [0.3, 0.4) is 0 Å². The number of amides is 1. The van der Waals surface area contributed by atoms with Crippen LogP contribution < -0.4 is 0 Å². The molecule has 0 N–H and O–H groups in total. The van der Waals surface area contributed by atoms with Crippen molar-refractivity contribution in [1.29, 1.82) is 0 Å². The van der Waals surface area contributed by atoms with Gasteiger partial charge in [0, 0.05) is 10.9 Å². The highest BCUT2D eigenvalue weighted by Crippen LogP contribution is 2.19. The summed E-state index contributed by atoms with van der Waals surface area (Å²) >= 11 is 3.31. The Kier molecular flexibility index (Phi) is 3.53. The third-order valence-electron chi connectivity index (χ3n) is 2.65. The van der Waals surface area contributed by atoms with Gasteiger partial charge in [-0.25, -0.2) is 12.7 Å². The highest BCUT2D eigenvalue weighted by atomic mass is 79.9. The lowest BCUT2D eigenvalue weighted by atomic mass is 10.2. The molecular formula is C11H12BrNO3S. The summed E-state index contributed by atoms with van der Waals surface area (Å²) < 4.78 is 25.4. The first-order valence-corrected chi connectivity index (χ1v) is 7.67. The molecule has 1 aliphatic heterocycles. The summed E-state index contributed by atoms with van der Waals surface area (Å²) in [6.45, 7) is 0.133. The maximum absolute atomic E-state index is 11.8. The molecule has 0 bridgehead atoms. The van der Waals surface area contributed by atoms with Gasteiger partial charge in [-0.1, -0.05) is 28.1 Å². The highest BCUT2D eigenvalue weighted by Gasteiger charge is 2.31. The van der Waals surface area contributed by atoms with Crippen molar-refractivity contribution in [3.8, 4) is 0 Å². The van der Waals surface area contributed by atoms with Crippen molar-refractivity contribution in [2.45, 2.75) is 19.4 Å². The molecule has 0 unspecified atom stereocenters. The van der Waals surface area contributed by atoms with Crippen LogP contribution in [0.5, 0.6) is 0 Å². The molecule has 0 radical (unpaired) electrons. The molecular weight excluding hydrogens is 306 g/mol. The van der Waals surface area contributed by atoms with E-state index >= 15 is 0 Å². The van der Waals surface area contributed by atoms with Gasteiger partial charge in [-0.05, 0) is 24.1 Å². The van der Waals surface area contributed by atoms with Gasteiger partial charge in [0.2, 0.25) is 15.9 Å². The van der Waals surface area contributed by atoms with Gasteiger partial charge in [0.15, 0.2) is 0 Å². The number of hydrogen-bond acceptors (Lipinski definition) is 3. The van der Waals surface area contributed by atoms with Gasteiger partial charge < -0.3 is 0 Å². The molecule has 0 saturated carbocycles. The third-order valence-corrected chi connectivity index (χ3v) is 4.98. The standard InChI is InChI=1S/C11H12BrNO3S/c12-10-5-3-9(4-6-10)8-13-11(14)2-1-7-17(13,15)16/h3-6H,1-2,7-8H2. The van der Waals surface area contributed by atoms with Gasteiger partial charge in [0.1, 0.15) is 0 Å². The van der Waals surface area contributed by atoms with Gasteiger partial charge >= 0.3 is 0 Å². The lowest BCUT2D eigenvalue weighted by molar-refractivity contribution is -0.127. The normalized spacial score (nSPS) is 19.4. The second-order valence-electron chi connectivity index (χ2n) is 3.95. The first kappa shape index (κ1) is 12.6. The van der Waals surface area contributed by atoms with E-state index in [9.17, 15) is 13.2 Å². The van der Waals surface area contributed by atoms with Crippen LogP contribution in [0, 0.1) is 0 Å². The van der Waals surface area contributed by atoms with Crippen LogP contribution in [0.4, 0.5) is 0 Å². The smallest absolute Gasteiger partial charge is 0.237 e. The molecule has 1 aromatic rings. The summed E-state index contributed by atoms with van der Waals surface area (Å²) in [7, 11) is -3.41. The molecule has 0 aliphatic carbocycles. The lowest BCUT2D eigenvalue weighted by Gasteiger charge is -2.26. The zero-order valence-electron chi connectivity index (χ0n) is 9.10. The summed E-state index contributed by atoms with van der Waals surface area (Å²) in [5.74, 6) is -0.242. The maximum atomic E-state index is 11.8. The average Bonchev–Trinajstić information content (AvgIpc) is 2.26. The minimum Gasteiger partial charge on any atom is -0.274 e. The number of carbonyl (C=O) groups is 1. The van der Waals surface area contributed by atoms with E-state index in [1.807, 2.05) is 24.3 Å². The van der Waals surface area contributed by atoms with Gasteiger partial charge in [0.05, 0.1) is 12.3 Å². The molecule has 1 saturated heterocycles. The van der Waals surface area contributed by atoms with Crippen molar-refractivity contribution in [3.63, 3.8) is 0 Å². The molecule has 6 heteroatoms. The monoisotopic (exact) mass is 317 g/mol. The number of benzene rings is 1. The van der Waals surface area contributed by atoms with Crippen LogP contribution in [-0.2, 0) is 21.4 Å². The Balaban J connectivity index is 2.21. The van der Waals surface area contributed by atoms with Gasteiger partial charge in [-0.15, -0.1) is 0 Å². The molecule has 1 aliphatic rings. The first-order valence-electron chi connectivity index (χ1n) is 5.27. The minimum absolute atomic E-state index is 0.0648. The number of halogens is 1. The Morgan fingerprint density at radius 2 is 1.88 bits per heavy atom. The quantitative estimate of drug-likeness (QED) is 0.837. The Hall–Kier alpha value is -0.880. The van der Waals surface area contributed by atoms with Crippen LogP contribution in [0.15, 0.2) is 28.7 Å². The molecule has 1 fully saturated rings. The van der Waals surface area contributed by atoms with E-state index < -0.39 is 10.0 Å². The largest absolute Gasteiger partial charge is 0.274 e. The van der Waals surface area contributed by atoms with Gasteiger partial charge in [0.25, 0.3) is 0 Å². The fraction of sp³-hybridized carbons (Fsp3) is 0.364. The van der Waals surface area contributed by atoms with Crippen molar-refractivity contribution in [2.75, 3.05) is 5.75 Å². The van der Waals surface area contributed by atoms with Gasteiger partial charge in [-0.2, -0.15) is 0 Å². The maximum Gasteiger partial charge on any atom is 0.237 e. The summed E-state index contributed by atoms with van der Waals surface area (Å²) in [6.07, 6.45) is 0.744. The van der Waals surface area contributed by atoms with Crippen molar-refractivity contribution >= 4 is 31.9 Å². The molecule has 0 spiro atoms. The van der Waals surface area contributed by atoms with Crippen LogP contribution >= 0.6 is 15.9 Å². The Labute approximate surface area is 109 Å². The first-order chi connectivity index (χ1) is 7.99. The second kappa shape index (κ2) is 4.78. The summed E-state index contributed by atoms with van der Waals surface area (Å²) in [5.41, 5.74) is 0.812. The number of sulfonamides is 1. The van der Waals surface area contributed by atoms with Crippen molar-refractivity contribution in [3.05, 3.63) is 34.3 Å². The predicted octanol–water partition coefficient (Wildman–Crippen LogP) is 1.90. The molecule has 0 aromatic heterocycles. The molecule has 1 heterocycles. The Bertz CT molecular complexity index is 524. The molecule has 1 amide bonds. The van der Waals surface area contributed by atoms with E-state index in [4.69, 9.17) is 0 Å². The van der Waals surface area contributed by atoms with E-state index in [2.05, 4.69) is 15.9 Å². The highest BCUT2D eigenvalue weighted by molar-refractivity contribution is 9.10. The topological polar surface area (TPSA) is 54.5 Å². The minimum atomic E-state index is -3.41. The second-order valence-corrected chi connectivity index (χ2v) is 6.87. The van der Waals surface area contributed by atoms with Crippen LogP contribution in [-0.4, -0.2) is 24.4 Å². The number of rotatable bonds is 2. The SMILES string of the molecule is O=C1CCCS(=O)(=O)N1Cc1ccc(Br)cc1. The Morgan fingerprint density at radius 1 is 1.24 bits per heavy atom. The van der Waals surface area contributed by atoms with Crippen LogP contribution in [0.1, 0.15) is 18.4 Å². The van der Waals surface area contributed by atoms with Crippen LogP contribution in [0.25, 0.3) is 0 Å². The van der Waals surface area contributed by atoms with Gasteiger partial charge in [-0.3, -0.25) is 4.79 Å². The third kappa shape index (κ3) is 2.87. The van der Waals surface area contributed by atoms with E-state index in [1.54, 1.807) is 0 Å². The van der Waals surface area contributed by atoms with E-state index in [-0.39, 0.29) is 18.2 Å². The van der Waals surface area contributed by atoms with Crippen LogP contribution in [0.2, 0.25) is 0 Å². The summed E-state index contributed by atoms with van der Waals surface area (Å²) in [6, 6.07) is 7.27. The molecule has 92 valence electrons. The average molecular weight is 318 g/mol. The summed E-state index contributed by atoms with van der Waals surface area (Å²) in [5, 5.41) is 0. The molecule has 1 aromatic carbocycles.